The van der Waals surface area contributed by atoms with Crippen molar-refractivity contribution in [3.63, 3.8) is 0 Å². The molecule has 2 aromatic rings. The van der Waals surface area contributed by atoms with Gasteiger partial charge in [0.15, 0.2) is 0 Å². The summed E-state index contributed by atoms with van der Waals surface area (Å²) in [5, 5.41) is 0.569. The number of hydrogen-bond acceptors (Lipinski definition) is 5. The van der Waals surface area contributed by atoms with E-state index in [1.165, 1.54) is 17.0 Å². The summed E-state index contributed by atoms with van der Waals surface area (Å²) in [5.74, 6) is -1.06. The van der Waals surface area contributed by atoms with E-state index in [2.05, 4.69) is 0 Å². The molecule has 1 amide bonds. The van der Waals surface area contributed by atoms with Crippen molar-refractivity contribution in [1.29, 1.82) is 0 Å². The first-order chi connectivity index (χ1) is 13.4. The highest BCUT2D eigenvalue weighted by molar-refractivity contribution is 8.26. The second kappa shape index (κ2) is 9.32. The molecule has 28 heavy (non-hydrogen) atoms. The van der Waals surface area contributed by atoms with Gasteiger partial charge in [0.1, 0.15) is 16.7 Å². The predicted molar refractivity (Wildman–Crippen MR) is 112 cm³/mol. The van der Waals surface area contributed by atoms with Crippen molar-refractivity contribution in [3.05, 3.63) is 75.4 Å². The summed E-state index contributed by atoms with van der Waals surface area (Å²) in [4.78, 5) is 26.3. The Morgan fingerprint density at radius 3 is 2.71 bits per heavy atom. The number of carbonyl (C=O) groups excluding carboxylic acids is 2. The van der Waals surface area contributed by atoms with Gasteiger partial charge in [0, 0.05) is 11.6 Å². The maximum atomic E-state index is 13.0. The molecule has 1 aliphatic heterocycles. The minimum atomic E-state index is -0.434. The van der Waals surface area contributed by atoms with Gasteiger partial charge in [-0.1, -0.05) is 59.8 Å². The second-order valence-corrected chi connectivity index (χ2v) is 8.04. The number of nitrogens with zero attached hydrogens (tertiary/aromatic N) is 1. The largest absolute Gasteiger partial charge is 0.461 e. The van der Waals surface area contributed by atoms with Gasteiger partial charge in [0.25, 0.3) is 5.91 Å². The van der Waals surface area contributed by atoms with Crippen molar-refractivity contribution in [1.82, 2.24) is 4.90 Å². The van der Waals surface area contributed by atoms with E-state index in [1.807, 2.05) is 0 Å². The van der Waals surface area contributed by atoms with Crippen LogP contribution in [-0.2, 0) is 20.9 Å². The Morgan fingerprint density at radius 2 is 2.00 bits per heavy atom. The molecule has 1 fully saturated rings. The number of hydrogen-bond donors (Lipinski definition) is 0. The van der Waals surface area contributed by atoms with Gasteiger partial charge in [-0.3, -0.25) is 14.5 Å². The smallest absolute Gasteiger partial charge is 0.307 e. The number of thioether (sulfide) groups is 1. The summed E-state index contributed by atoms with van der Waals surface area (Å²) in [7, 11) is 0. The topological polar surface area (TPSA) is 46.6 Å². The lowest BCUT2D eigenvalue weighted by atomic mass is 10.2. The third-order valence-corrected chi connectivity index (χ3v) is 5.48. The van der Waals surface area contributed by atoms with Gasteiger partial charge in [-0.2, -0.15) is 0 Å². The zero-order chi connectivity index (χ0) is 20.1. The molecular weight excluding hydrogens is 421 g/mol. The molecule has 0 aliphatic carbocycles. The van der Waals surface area contributed by atoms with Gasteiger partial charge in [0.2, 0.25) is 0 Å². The predicted octanol–water partition coefficient (Wildman–Crippen LogP) is 4.81. The third kappa shape index (κ3) is 5.41. The summed E-state index contributed by atoms with van der Waals surface area (Å²) in [6, 6.07) is 12.8. The molecule has 0 saturated carbocycles. The molecule has 3 rings (SSSR count). The highest BCUT2D eigenvalue weighted by Gasteiger charge is 2.32. The first-order valence-corrected chi connectivity index (χ1v) is 9.93. The van der Waals surface area contributed by atoms with Crippen LogP contribution in [0.4, 0.5) is 4.39 Å². The van der Waals surface area contributed by atoms with Crippen molar-refractivity contribution in [2.75, 3.05) is 6.54 Å². The van der Waals surface area contributed by atoms with E-state index in [1.54, 1.807) is 42.5 Å². The highest BCUT2D eigenvalue weighted by Crippen LogP contribution is 2.32. The zero-order valence-corrected chi connectivity index (χ0v) is 17.0. The zero-order valence-electron chi connectivity index (χ0n) is 14.6. The first kappa shape index (κ1) is 20.5. The molecule has 4 nitrogen and oxygen atoms in total. The van der Waals surface area contributed by atoms with Crippen LogP contribution in [0.25, 0.3) is 6.08 Å². The summed E-state index contributed by atoms with van der Waals surface area (Å²) >= 11 is 12.3. The summed E-state index contributed by atoms with van der Waals surface area (Å²) in [6.07, 6.45) is 1.67. The second-order valence-electron chi connectivity index (χ2n) is 5.93. The van der Waals surface area contributed by atoms with Crippen LogP contribution in [0.2, 0.25) is 5.02 Å². The Morgan fingerprint density at radius 1 is 1.25 bits per heavy atom. The molecule has 144 valence electrons. The van der Waals surface area contributed by atoms with E-state index in [4.69, 9.17) is 28.6 Å². The fraction of sp³-hybridized carbons (Fsp3) is 0.150. The van der Waals surface area contributed by atoms with Crippen molar-refractivity contribution >= 4 is 57.9 Å². The van der Waals surface area contributed by atoms with Crippen LogP contribution in [-0.4, -0.2) is 27.6 Å². The van der Waals surface area contributed by atoms with Crippen LogP contribution < -0.4 is 0 Å². The number of benzene rings is 2. The first-order valence-electron chi connectivity index (χ1n) is 8.33. The molecule has 0 radical (unpaired) electrons. The Balaban J connectivity index is 1.54. The lowest BCUT2D eigenvalue weighted by molar-refractivity contribution is -0.145. The maximum Gasteiger partial charge on any atom is 0.307 e. The number of halogens is 2. The minimum Gasteiger partial charge on any atom is -0.461 e. The fourth-order valence-corrected chi connectivity index (χ4v) is 3.99. The molecule has 0 aromatic heterocycles. The van der Waals surface area contributed by atoms with E-state index >= 15 is 0 Å². The van der Waals surface area contributed by atoms with E-state index in [-0.39, 0.29) is 31.3 Å². The van der Waals surface area contributed by atoms with E-state index in [0.717, 1.165) is 17.3 Å². The van der Waals surface area contributed by atoms with Gasteiger partial charge >= 0.3 is 5.97 Å². The van der Waals surface area contributed by atoms with Gasteiger partial charge in [-0.25, -0.2) is 4.39 Å². The molecule has 0 spiro atoms. The molecule has 0 atom stereocenters. The van der Waals surface area contributed by atoms with E-state index < -0.39 is 5.97 Å². The minimum absolute atomic E-state index is 0.0246. The summed E-state index contributed by atoms with van der Waals surface area (Å²) in [5.41, 5.74) is 1.48. The SMILES string of the molecule is O=C(CCN1C(=O)/C(=C/c2ccc(F)cc2)SC1=S)OCc1cccc(Cl)c1. The van der Waals surface area contributed by atoms with Crippen molar-refractivity contribution in [2.45, 2.75) is 13.0 Å². The molecule has 1 saturated heterocycles. The number of thiocarbonyl (C=S) groups is 1. The van der Waals surface area contributed by atoms with Crippen molar-refractivity contribution in [3.8, 4) is 0 Å². The van der Waals surface area contributed by atoms with E-state index in [0.29, 0.717) is 19.8 Å². The van der Waals surface area contributed by atoms with E-state index in [9.17, 15) is 14.0 Å². The molecule has 0 bridgehead atoms. The number of esters is 1. The average Bonchev–Trinajstić information content (AvgIpc) is 2.93. The molecule has 1 heterocycles. The van der Waals surface area contributed by atoms with Crippen molar-refractivity contribution < 1.29 is 18.7 Å². The standard InChI is InChI=1S/C20H15ClFNO3S2/c21-15-3-1-2-14(10-15)12-26-18(24)8-9-23-19(25)17(28-20(23)27)11-13-4-6-16(22)7-5-13/h1-7,10-11H,8-9,12H2/b17-11-. The molecule has 0 unspecified atom stereocenters. The number of amides is 1. The summed E-state index contributed by atoms with van der Waals surface area (Å²) in [6.45, 7) is 0.252. The Bertz CT molecular complexity index is 947. The lowest BCUT2D eigenvalue weighted by Crippen LogP contribution is -2.30. The molecule has 2 aromatic carbocycles. The van der Waals surface area contributed by atoms with Gasteiger partial charge in [-0.05, 0) is 41.5 Å². The van der Waals surface area contributed by atoms with Crippen LogP contribution in [0.1, 0.15) is 17.5 Å². The molecule has 0 N–H and O–H groups in total. The molecule has 8 heteroatoms. The number of ether oxygens (including phenoxy) is 1. The number of rotatable bonds is 6. The average molecular weight is 436 g/mol. The monoisotopic (exact) mass is 435 g/mol. The van der Waals surface area contributed by atoms with Crippen LogP contribution >= 0.6 is 35.6 Å². The van der Waals surface area contributed by atoms with Crippen LogP contribution in [0.3, 0.4) is 0 Å². The van der Waals surface area contributed by atoms with Gasteiger partial charge < -0.3 is 4.74 Å². The maximum absolute atomic E-state index is 13.0. The number of carbonyl (C=O) groups is 2. The Labute approximate surface area is 176 Å². The van der Waals surface area contributed by atoms with Crippen molar-refractivity contribution in [2.24, 2.45) is 0 Å². The third-order valence-electron chi connectivity index (χ3n) is 3.87. The Kier molecular flexibility index (Phi) is 6.83. The van der Waals surface area contributed by atoms with Crippen LogP contribution in [0.15, 0.2) is 53.4 Å². The van der Waals surface area contributed by atoms with Crippen LogP contribution in [0, 0.1) is 5.82 Å². The summed E-state index contributed by atoms with van der Waals surface area (Å²) < 4.78 is 18.6. The fourth-order valence-electron chi connectivity index (χ4n) is 2.47. The van der Waals surface area contributed by atoms with Gasteiger partial charge in [-0.15, -0.1) is 0 Å². The normalized spacial score (nSPS) is 15.4. The Hall–Kier alpha value is -2.22. The molecular formula is C20H15ClFNO3S2. The highest BCUT2D eigenvalue weighted by atomic mass is 35.5. The quantitative estimate of drug-likeness (QED) is 0.370. The van der Waals surface area contributed by atoms with Gasteiger partial charge in [0.05, 0.1) is 11.3 Å². The van der Waals surface area contributed by atoms with Crippen LogP contribution in [0.5, 0.6) is 0 Å². The lowest BCUT2D eigenvalue weighted by Gasteiger charge is -2.13. The molecule has 1 aliphatic rings.